The molecule has 0 fully saturated rings. The van der Waals surface area contributed by atoms with E-state index in [-0.39, 0.29) is 5.54 Å². The number of aryl methyl sites for hydroxylation is 1. The molecule has 1 rings (SSSR count). The summed E-state index contributed by atoms with van der Waals surface area (Å²) in [6.07, 6.45) is 36.6. The first kappa shape index (κ1) is 35.2. The van der Waals surface area contributed by atoms with Gasteiger partial charge >= 0.3 is 0 Å². The zero-order chi connectivity index (χ0) is 27.6. The summed E-state index contributed by atoms with van der Waals surface area (Å²) < 4.78 is 0. The van der Waals surface area contributed by atoms with Crippen molar-refractivity contribution < 1.29 is 0 Å². The lowest BCUT2D eigenvalue weighted by Gasteiger charge is -2.33. The van der Waals surface area contributed by atoms with Crippen LogP contribution in [0.25, 0.3) is 0 Å². The lowest BCUT2D eigenvalue weighted by Crippen LogP contribution is -2.37. The third-order valence-electron chi connectivity index (χ3n) is 8.81. The molecule has 0 heterocycles. The highest BCUT2D eigenvalue weighted by molar-refractivity contribution is 5.33. The first-order chi connectivity index (χ1) is 18.7. The van der Waals surface area contributed by atoms with E-state index in [0.717, 1.165) is 12.8 Å². The third-order valence-corrected chi connectivity index (χ3v) is 8.81. The lowest BCUT2D eigenvalue weighted by atomic mass is 9.78. The highest BCUT2D eigenvalue weighted by atomic mass is 14.7. The van der Waals surface area contributed by atoms with Gasteiger partial charge in [0.05, 0.1) is 0 Å². The fourth-order valence-corrected chi connectivity index (χ4v) is 6.22. The molecule has 0 atom stereocenters. The minimum absolute atomic E-state index is 0.138. The Balaban J connectivity index is 2.60. The van der Waals surface area contributed by atoms with Crippen molar-refractivity contribution >= 4 is 0 Å². The van der Waals surface area contributed by atoms with Crippen LogP contribution in [0.4, 0.5) is 0 Å². The smallest absolute Gasteiger partial charge is 0.0412 e. The van der Waals surface area contributed by atoms with Crippen molar-refractivity contribution in [2.45, 2.75) is 200 Å². The second-order valence-corrected chi connectivity index (χ2v) is 12.5. The van der Waals surface area contributed by atoms with Gasteiger partial charge in [0.1, 0.15) is 0 Å². The Hall–Kier alpha value is -0.820. The quantitative estimate of drug-likeness (QED) is 0.108. The number of benzene rings is 1. The SMILES string of the molecule is CCCCCCCCCCc1ccccc1C(N)(CCCCCCCCCC)CCCCCCCCCC. The zero-order valence-corrected chi connectivity index (χ0v) is 26.5. The third kappa shape index (κ3) is 17.7. The molecule has 0 amide bonds. The Morgan fingerprint density at radius 1 is 0.447 bits per heavy atom. The molecule has 0 saturated carbocycles. The summed E-state index contributed by atoms with van der Waals surface area (Å²) in [6.45, 7) is 6.91. The van der Waals surface area contributed by atoms with E-state index in [1.165, 1.54) is 166 Å². The van der Waals surface area contributed by atoms with Crippen LogP contribution in [0.3, 0.4) is 0 Å². The maximum Gasteiger partial charge on any atom is 0.0412 e. The number of hydrogen-bond acceptors (Lipinski definition) is 1. The van der Waals surface area contributed by atoms with E-state index in [1.54, 1.807) is 5.56 Å². The second kappa shape index (κ2) is 25.2. The molecule has 0 bridgehead atoms. The summed E-state index contributed by atoms with van der Waals surface area (Å²) in [4.78, 5) is 0. The normalized spacial score (nSPS) is 11.9. The maximum absolute atomic E-state index is 7.38. The molecular weight excluding hydrogens is 458 g/mol. The summed E-state index contributed by atoms with van der Waals surface area (Å²) in [7, 11) is 0. The molecule has 1 nitrogen and oxygen atoms in total. The monoisotopic (exact) mass is 528 g/mol. The average molecular weight is 528 g/mol. The van der Waals surface area contributed by atoms with Gasteiger partial charge in [-0.25, -0.2) is 0 Å². The van der Waals surface area contributed by atoms with E-state index in [4.69, 9.17) is 5.73 Å². The van der Waals surface area contributed by atoms with Crippen LogP contribution in [0.2, 0.25) is 0 Å². The standard InChI is InChI=1S/C37H69N/c1-4-7-10-13-16-19-22-25-30-35-31-26-27-32-36(35)37(38,33-28-23-20-17-14-11-8-5-2)34-29-24-21-18-15-12-9-6-3/h26-27,31-32H,4-25,28-30,33-34,38H2,1-3H3. The summed E-state index contributed by atoms with van der Waals surface area (Å²) in [5.74, 6) is 0. The molecule has 0 aliphatic carbocycles. The molecule has 0 radical (unpaired) electrons. The lowest BCUT2D eigenvalue weighted by molar-refractivity contribution is 0.340. The predicted octanol–water partition coefficient (Wildman–Crippen LogP) is 12.6. The first-order valence-corrected chi connectivity index (χ1v) is 17.5. The van der Waals surface area contributed by atoms with E-state index in [2.05, 4.69) is 45.0 Å². The Labute approximate surface area is 240 Å². The van der Waals surface area contributed by atoms with Gasteiger partial charge in [-0.3, -0.25) is 0 Å². The molecule has 0 unspecified atom stereocenters. The molecule has 1 aromatic rings. The van der Waals surface area contributed by atoms with Gasteiger partial charge in [-0.15, -0.1) is 0 Å². The summed E-state index contributed by atoms with van der Waals surface area (Å²) in [6, 6.07) is 9.27. The van der Waals surface area contributed by atoms with Gasteiger partial charge in [0.15, 0.2) is 0 Å². The van der Waals surface area contributed by atoms with E-state index in [1.807, 2.05) is 0 Å². The average Bonchev–Trinajstić information content (AvgIpc) is 2.93. The van der Waals surface area contributed by atoms with Crippen LogP contribution < -0.4 is 5.73 Å². The highest BCUT2D eigenvalue weighted by Crippen LogP contribution is 2.34. The number of hydrogen-bond donors (Lipinski definition) is 1. The van der Waals surface area contributed by atoms with Crippen molar-refractivity contribution in [1.82, 2.24) is 0 Å². The zero-order valence-electron chi connectivity index (χ0n) is 26.5. The van der Waals surface area contributed by atoms with E-state index in [0.29, 0.717) is 0 Å². The van der Waals surface area contributed by atoms with Gasteiger partial charge in [-0.2, -0.15) is 0 Å². The van der Waals surface area contributed by atoms with Crippen LogP contribution in [-0.2, 0) is 12.0 Å². The molecule has 0 aromatic heterocycles. The van der Waals surface area contributed by atoms with Crippen LogP contribution in [0, 0.1) is 0 Å². The van der Waals surface area contributed by atoms with Gasteiger partial charge in [-0.05, 0) is 36.8 Å². The minimum atomic E-state index is -0.138. The highest BCUT2D eigenvalue weighted by Gasteiger charge is 2.28. The van der Waals surface area contributed by atoms with Gasteiger partial charge in [0, 0.05) is 5.54 Å². The predicted molar refractivity (Wildman–Crippen MR) is 173 cm³/mol. The molecule has 38 heavy (non-hydrogen) atoms. The summed E-state index contributed by atoms with van der Waals surface area (Å²) in [5, 5.41) is 0. The molecule has 1 aromatic carbocycles. The molecular formula is C37H69N. The van der Waals surface area contributed by atoms with Crippen molar-refractivity contribution in [1.29, 1.82) is 0 Å². The van der Waals surface area contributed by atoms with Crippen molar-refractivity contribution in [3.8, 4) is 0 Å². The molecule has 222 valence electrons. The molecule has 0 spiro atoms. The summed E-state index contributed by atoms with van der Waals surface area (Å²) in [5.41, 5.74) is 10.3. The Kier molecular flexibility index (Phi) is 23.3. The van der Waals surface area contributed by atoms with Crippen LogP contribution in [-0.4, -0.2) is 0 Å². The van der Waals surface area contributed by atoms with E-state index >= 15 is 0 Å². The van der Waals surface area contributed by atoms with Crippen molar-refractivity contribution in [3.63, 3.8) is 0 Å². The molecule has 0 aliphatic heterocycles. The van der Waals surface area contributed by atoms with Gasteiger partial charge in [0.2, 0.25) is 0 Å². The largest absolute Gasteiger partial charge is 0.321 e. The fourth-order valence-electron chi connectivity index (χ4n) is 6.22. The van der Waals surface area contributed by atoms with Gasteiger partial charge < -0.3 is 5.73 Å². The molecule has 2 N–H and O–H groups in total. The first-order valence-electron chi connectivity index (χ1n) is 17.5. The van der Waals surface area contributed by atoms with Crippen LogP contribution in [0.15, 0.2) is 24.3 Å². The Morgan fingerprint density at radius 3 is 1.21 bits per heavy atom. The van der Waals surface area contributed by atoms with E-state index < -0.39 is 0 Å². The molecule has 0 aliphatic rings. The fraction of sp³-hybridized carbons (Fsp3) is 0.838. The van der Waals surface area contributed by atoms with Crippen molar-refractivity contribution in [2.24, 2.45) is 5.73 Å². The second-order valence-electron chi connectivity index (χ2n) is 12.5. The maximum atomic E-state index is 7.38. The number of nitrogens with two attached hydrogens (primary N) is 1. The van der Waals surface area contributed by atoms with E-state index in [9.17, 15) is 0 Å². The van der Waals surface area contributed by atoms with Crippen LogP contribution in [0.1, 0.15) is 199 Å². The van der Waals surface area contributed by atoms with Gasteiger partial charge in [0.25, 0.3) is 0 Å². The van der Waals surface area contributed by atoms with Crippen LogP contribution in [0.5, 0.6) is 0 Å². The van der Waals surface area contributed by atoms with Crippen molar-refractivity contribution in [3.05, 3.63) is 35.4 Å². The summed E-state index contributed by atoms with van der Waals surface area (Å²) >= 11 is 0. The topological polar surface area (TPSA) is 26.0 Å². The Bertz CT molecular complexity index is 601. The Morgan fingerprint density at radius 2 is 0.789 bits per heavy atom. The van der Waals surface area contributed by atoms with Crippen molar-refractivity contribution in [2.75, 3.05) is 0 Å². The molecule has 1 heteroatoms. The number of rotatable bonds is 28. The van der Waals surface area contributed by atoms with Crippen LogP contribution >= 0.6 is 0 Å². The molecule has 0 saturated heterocycles. The minimum Gasteiger partial charge on any atom is -0.321 e. The van der Waals surface area contributed by atoms with Gasteiger partial charge in [-0.1, -0.05) is 193 Å². The number of unbranched alkanes of at least 4 members (excludes halogenated alkanes) is 21.